The number of para-hydroxylation sites is 1. The maximum atomic E-state index is 11.7. The van der Waals surface area contributed by atoms with E-state index in [9.17, 15) is 4.79 Å². The lowest BCUT2D eigenvalue weighted by atomic mass is 10.1. The normalized spacial score (nSPS) is 12.7. The smallest absolute Gasteiger partial charge is 0.339 e. The quantitative estimate of drug-likeness (QED) is 0.148. The number of aryl methyl sites for hydroxylation is 1. The van der Waals surface area contributed by atoms with Crippen molar-refractivity contribution in [2.24, 2.45) is 0 Å². The van der Waals surface area contributed by atoms with Crippen molar-refractivity contribution in [3.05, 3.63) is 96.1 Å². The lowest BCUT2D eigenvalue weighted by Gasteiger charge is -2.38. The van der Waals surface area contributed by atoms with Crippen LogP contribution in [0.3, 0.4) is 0 Å². The van der Waals surface area contributed by atoms with Gasteiger partial charge in [-0.15, -0.1) is 0 Å². The van der Waals surface area contributed by atoms with Gasteiger partial charge in [-0.05, 0) is 72.9 Å². The minimum atomic E-state index is -2.12. The summed E-state index contributed by atoms with van der Waals surface area (Å²) in [5.41, 5.74) is 2.13. The number of benzene rings is 2. The van der Waals surface area contributed by atoms with E-state index in [2.05, 4.69) is 56.0 Å². The highest BCUT2D eigenvalue weighted by atomic mass is 28.4. The number of esters is 1. The van der Waals surface area contributed by atoms with E-state index in [0.717, 1.165) is 17.9 Å². The fraction of sp³-hybridized carbons (Fsp3) is 0.323. The molecule has 0 aliphatic heterocycles. The third kappa shape index (κ3) is 7.22. The van der Waals surface area contributed by atoms with Gasteiger partial charge in [-0.2, -0.15) is 0 Å². The molecule has 0 N–H and O–H groups in total. The highest BCUT2D eigenvalue weighted by molar-refractivity contribution is 6.74. The molecule has 0 amide bonds. The zero-order valence-electron chi connectivity index (χ0n) is 23.4. The molecule has 0 aliphatic rings. The minimum absolute atomic E-state index is 0.0301. The van der Waals surface area contributed by atoms with Crippen LogP contribution in [-0.2, 0) is 15.6 Å². The summed E-state index contributed by atoms with van der Waals surface area (Å²) in [5, 5.41) is 0.0301. The highest BCUT2D eigenvalue weighted by Crippen LogP contribution is 2.41. The third-order valence-corrected chi connectivity index (χ3v) is 11.6. The number of hydrogen-bond acceptors (Lipinski definition) is 7. The Morgan fingerprint density at radius 2 is 1.62 bits per heavy atom. The van der Waals surface area contributed by atoms with Crippen LogP contribution in [0.1, 0.15) is 55.1 Å². The van der Waals surface area contributed by atoms with Gasteiger partial charge in [0.1, 0.15) is 23.3 Å². The minimum Gasteiger partial charge on any atom is -0.465 e. The lowest BCUT2D eigenvalue weighted by molar-refractivity contribution is 0.0600. The summed E-state index contributed by atoms with van der Waals surface area (Å²) in [7, 11) is -0.781. The Hall–Kier alpha value is -3.75. The van der Waals surface area contributed by atoms with Crippen LogP contribution in [0.15, 0.2) is 83.5 Å². The van der Waals surface area contributed by atoms with Crippen LogP contribution in [0.2, 0.25) is 18.1 Å². The summed E-state index contributed by atoms with van der Waals surface area (Å²) < 4.78 is 23.7. The van der Waals surface area contributed by atoms with Gasteiger partial charge < -0.3 is 18.3 Å². The monoisotopic (exact) mass is 544 g/mol. The number of aromatic nitrogens is 2. The molecule has 204 valence electrons. The van der Waals surface area contributed by atoms with Gasteiger partial charge in [-0.3, -0.25) is 4.98 Å². The van der Waals surface area contributed by atoms with E-state index < -0.39 is 14.3 Å². The molecule has 8 heteroatoms. The molecule has 4 rings (SSSR count). The molecule has 7 nitrogen and oxygen atoms in total. The molecule has 2 aromatic carbocycles. The number of carbonyl (C=O) groups excluding carboxylic acids is 1. The van der Waals surface area contributed by atoms with E-state index >= 15 is 0 Å². The summed E-state index contributed by atoms with van der Waals surface area (Å²) >= 11 is 0. The second-order valence-electron chi connectivity index (χ2n) is 11.0. The number of methoxy groups -OCH3 is 1. The molecule has 0 bridgehead atoms. The number of nitrogens with zero attached hydrogens (tertiary/aromatic N) is 2. The number of carbonyl (C=O) groups is 1. The Bertz CT molecular complexity index is 1360. The van der Waals surface area contributed by atoms with Crippen molar-refractivity contribution in [1.82, 2.24) is 9.97 Å². The number of ether oxygens (including phenoxy) is 2. The van der Waals surface area contributed by atoms with Crippen molar-refractivity contribution >= 4 is 14.3 Å². The van der Waals surface area contributed by atoms with Crippen molar-refractivity contribution < 1.29 is 23.1 Å². The molecule has 1 unspecified atom stereocenters. The molecule has 0 fully saturated rings. The van der Waals surface area contributed by atoms with E-state index in [1.54, 1.807) is 18.3 Å². The molecule has 1 atom stereocenters. The molecule has 0 radical (unpaired) electrons. The molecule has 2 aromatic heterocycles. The second kappa shape index (κ2) is 12.0. The summed E-state index contributed by atoms with van der Waals surface area (Å²) in [6.45, 7) is 11.1. The summed E-state index contributed by atoms with van der Waals surface area (Å²) in [5.74, 6) is 2.21. The molecule has 0 saturated heterocycles. The molecular formula is C31H36N2O5Si. The first-order valence-corrected chi connectivity index (χ1v) is 16.0. The standard InChI is InChI=1S/C31H36N2O5Si/c1-31(2,3)39(5,6)38-27(19-14-22-12-16-25(17-13-22)36-24-10-8-7-9-11-24)29-33-21-28(37-29)26-18-15-23(20-32-26)30(34)35-4/h7-13,15-18,20-21,27H,14,19H2,1-6H3. The van der Waals surface area contributed by atoms with Crippen LogP contribution in [-0.4, -0.2) is 31.4 Å². The SMILES string of the molecule is COC(=O)c1ccc(-c2cnc(C(CCc3ccc(Oc4ccccc4)cc3)O[Si](C)(C)C(C)(C)C)o2)nc1. The van der Waals surface area contributed by atoms with E-state index in [0.29, 0.717) is 29.3 Å². The molecule has 4 aromatic rings. The maximum absolute atomic E-state index is 11.7. The predicted molar refractivity (Wildman–Crippen MR) is 153 cm³/mol. The Morgan fingerprint density at radius 1 is 0.923 bits per heavy atom. The van der Waals surface area contributed by atoms with Crippen LogP contribution in [0.25, 0.3) is 11.5 Å². The number of hydrogen-bond donors (Lipinski definition) is 0. The molecule has 0 aliphatic carbocycles. The number of oxazole rings is 1. The van der Waals surface area contributed by atoms with E-state index in [1.165, 1.54) is 18.9 Å². The highest BCUT2D eigenvalue weighted by Gasteiger charge is 2.40. The number of pyridine rings is 1. The predicted octanol–water partition coefficient (Wildman–Crippen LogP) is 8.01. The zero-order chi connectivity index (χ0) is 28.0. The number of rotatable bonds is 10. The van der Waals surface area contributed by atoms with Crippen molar-refractivity contribution in [2.45, 2.75) is 57.8 Å². The van der Waals surface area contributed by atoms with Gasteiger partial charge in [-0.25, -0.2) is 9.78 Å². The fourth-order valence-electron chi connectivity index (χ4n) is 3.74. The van der Waals surface area contributed by atoms with Gasteiger partial charge >= 0.3 is 5.97 Å². The molecule has 2 heterocycles. The topological polar surface area (TPSA) is 83.7 Å². The fourth-order valence-corrected chi connectivity index (χ4v) is 5.03. The van der Waals surface area contributed by atoms with Crippen molar-refractivity contribution in [3.63, 3.8) is 0 Å². The van der Waals surface area contributed by atoms with Gasteiger partial charge in [0.15, 0.2) is 14.1 Å². The Labute approximate surface area is 231 Å². The van der Waals surface area contributed by atoms with Crippen LogP contribution in [0.4, 0.5) is 0 Å². The van der Waals surface area contributed by atoms with Crippen molar-refractivity contribution in [1.29, 1.82) is 0 Å². The largest absolute Gasteiger partial charge is 0.465 e. The molecule has 39 heavy (non-hydrogen) atoms. The Balaban J connectivity index is 1.50. The Kier molecular flexibility index (Phi) is 8.67. The van der Waals surface area contributed by atoms with Gasteiger partial charge in [0.25, 0.3) is 0 Å². The second-order valence-corrected chi connectivity index (χ2v) is 15.7. The van der Waals surface area contributed by atoms with Crippen LogP contribution in [0.5, 0.6) is 11.5 Å². The third-order valence-electron chi connectivity index (χ3n) is 7.08. The molecular weight excluding hydrogens is 508 g/mol. The first-order chi connectivity index (χ1) is 18.6. The van der Waals surface area contributed by atoms with Gasteiger partial charge in [0.2, 0.25) is 5.89 Å². The maximum Gasteiger partial charge on any atom is 0.339 e. The average molecular weight is 545 g/mol. The van der Waals surface area contributed by atoms with Gasteiger partial charge in [0.05, 0.1) is 18.9 Å². The van der Waals surface area contributed by atoms with Crippen LogP contribution >= 0.6 is 0 Å². The van der Waals surface area contributed by atoms with Crippen molar-refractivity contribution in [2.75, 3.05) is 7.11 Å². The van der Waals surface area contributed by atoms with E-state index in [4.69, 9.17) is 18.3 Å². The van der Waals surface area contributed by atoms with Crippen LogP contribution < -0.4 is 4.74 Å². The lowest BCUT2D eigenvalue weighted by Crippen LogP contribution is -2.42. The van der Waals surface area contributed by atoms with E-state index in [-0.39, 0.29) is 11.1 Å². The first kappa shape index (κ1) is 28.3. The summed E-state index contributed by atoms with van der Waals surface area (Å²) in [4.78, 5) is 20.7. The first-order valence-electron chi connectivity index (χ1n) is 13.1. The van der Waals surface area contributed by atoms with Crippen molar-refractivity contribution in [3.8, 4) is 23.0 Å². The van der Waals surface area contributed by atoms with Gasteiger partial charge in [-0.1, -0.05) is 51.1 Å². The summed E-state index contributed by atoms with van der Waals surface area (Å²) in [6.07, 6.45) is 4.31. The zero-order valence-corrected chi connectivity index (χ0v) is 24.4. The van der Waals surface area contributed by atoms with Crippen LogP contribution in [0, 0.1) is 0 Å². The molecule has 0 saturated carbocycles. The molecule has 0 spiro atoms. The Morgan fingerprint density at radius 3 is 2.23 bits per heavy atom. The average Bonchev–Trinajstić information content (AvgIpc) is 3.42. The van der Waals surface area contributed by atoms with E-state index in [1.807, 2.05) is 42.5 Å². The van der Waals surface area contributed by atoms with Gasteiger partial charge in [0, 0.05) is 6.20 Å². The summed E-state index contributed by atoms with van der Waals surface area (Å²) in [6, 6.07) is 21.2.